The van der Waals surface area contributed by atoms with E-state index in [-0.39, 0.29) is 0 Å². The fourth-order valence-corrected chi connectivity index (χ4v) is 1.44. The molecule has 1 aromatic rings. The van der Waals surface area contributed by atoms with Gasteiger partial charge in [0.15, 0.2) is 0 Å². The van der Waals surface area contributed by atoms with Gasteiger partial charge in [-0.05, 0) is 16.7 Å². The summed E-state index contributed by atoms with van der Waals surface area (Å²) in [5, 5.41) is 0. The van der Waals surface area contributed by atoms with Crippen molar-refractivity contribution in [3.8, 4) is 0 Å². The lowest BCUT2D eigenvalue weighted by Crippen LogP contribution is -1.95. The first-order chi connectivity index (χ1) is 6.74. The lowest BCUT2D eigenvalue weighted by Gasteiger charge is -2.12. The average molecular weight is 183 g/mol. The minimum Gasteiger partial charge on any atom is -0.102 e. The van der Waals surface area contributed by atoms with Crippen LogP contribution in [0.5, 0.6) is 0 Å². The lowest BCUT2D eigenvalue weighted by atomic mass is 9.92. The Morgan fingerprint density at radius 3 is 2.36 bits per heavy atom. The monoisotopic (exact) mass is 183 g/mol. The summed E-state index contributed by atoms with van der Waals surface area (Å²) in [4.78, 5) is 0. The van der Waals surface area contributed by atoms with E-state index >= 15 is 0 Å². The van der Waals surface area contributed by atoms with Crippen molar-refractivity contribution >= 4 is 12.2 Å². The summed E-state index contributed by atoms with van der Waals surface area (Å²) in [6, 6.07) is 6.12. The van der Waals surface area contributed by atoms with E-state index in [2.05, 4.69) is 25.8 Å². The predicted molar refractivity (Wildman–Crippen MR) is 64.8 cm³/mol. The molecule has 0 aliphatic heterocycles. The van der Waals surface area contributed by atoms with Gasteiger partial charge in [0.1, 0.15) is 0 Å². The SMILES string of the molecule is C=C[C](C)c1cccc(C=C)c1C=C. The highest BCUT2D eigenvalue weighted by Crippen LogP contribution is 2.24. The molecule has 0 heterocycles. The van der Waals surface area contributed by atoms with Crippen molar-refractivity contribution < 1.29 is 0 Å². The van der Waals surface area contributed by atoms with Gasteiger partial charge < -0.3 is 0 Å². The quantitative estimate of drug-likeness (QED) is 0.659. The first-order valence-corrected chi connectivity index (χ1v) is 4.58. The highest BCUT2D eigenvalue weighted by molar-refractivity contribution is 5.69. The van der Waals surface area contributed by atoms with Gasteiger partial charge in [0.25, 0.3) is 0 Å². The van der Waals surface area contributed by atoms with Crippen molar-refractivity contribution in [2.45, 2.75) is 6.92 Å². The summed E-state index contributed by atoms with van der Waals surface area (Å²) in [5.41, 5.74) is 3.41. The number of benzene rings is 1. The molecule has 0 amide bonds. The standard InChI is InChI=1S/C14H15/c1-5-11(4)14-10-8-9-12(6-2)13(14)7-3/h5-10H,1-3H2,4H3. The van der Waals surface area contributed by atoms with Gasteiger partial charge in [-0.25, -0.2) is 0 Å². The van der Waals surface area contributed by atoms with E-state index in [9.17, 15) is 0 Å². The van der Waals surface area contributed by atoms with Crippen LogP contribution in [-0.2, 0) is 0 Å². The van der Waals surface area contributed by atoms with Gasteiger partial charge in [-0.1, -0.05) is 56.5 Å². The Kier molecular flexibility index (Phi) is 3.47. The molecule has 0 aromatic heterocycles. The van der Waals surface area contributed by atoms with Crippen LogP contribution in [0.25, 0.3) is 12.2 Å². The molecule has 0 aliphatic carbocycles. The summed E-state index contributed by atoms with van der Waals surface area (Å²) in [6.45, 7) is 13.4. The Labute approximate surface area is 86.3 Å². The minimum absolute atomic E-state index is 1.11. The predicted octanol–water partition coefficient (Wildman–Crippen LogP) is 4.10. The van der Waals surface area contributed by atoms with E-state index in [1.807, 2.05) is 37.3 Å². The number of rotatable bonds is 4. The fourth-order valence-electron chi connectivity index (χ4n) is 1.44. The molecule has 0 heteroatoms. The van der Waals surface area contributed by atoms with Crippen LogP contribution in [-0.4, -0.2) is 0 Å². The molecule has 0 nitrogen and oxygen atoms in total. The molecule has 0 spiro atoms. The molecular weight excluding hydrogens is 168 g/mol. The highest BCUT2D eigenvalue weighted by atomic mass is 14.1. The third kappa shape index (κ3) is 1.85. The summed E-state index contributed by atoms with van der Waals surface area (Å²) >= 11 is 0. The normalized spacial score (nSPS) is 9.86. The van der Waals surface area contributed by atoms with Crippen molar-refractivity contribution in [3.63, 3.8) is 0 Å². The molecule has 14 heavy (non-hydrogen) atoms. The van der Waals surface area contributed by atoms with Gasteiger partial charge in [-0.2, -0.15) is 0 Å². The molecule has 1 radical (unpaired) electrons. The molecule has 0 saturated carbocycles. The van der Waals surface area contributed by atoms with Crippen molar-refractivity contribution in [2.75, 3.05) is 0 Å². The van der Waals surface area contributed by atoms with Crippen LogP contribution in [0.3, 0.4) is 0 Å². The second-order valence-corrected chi connectivity index (χ2v) is 3.10. The molecular formula is C14H15. The van der Waals surface area contributed by atoms with E-state index in [1.54, 1.807) is 0 Å². The Morgan fingerprint density at radius 1 is 1.14 bits per heavy atom. The molecule has 0 aliphatic rings. The van der Waals surface area contributed by atoms with Crippen molar-refractivity contribution in [3.05, 3.63) is 66.6 Å². The van der Waals surface area contributed by atoms with Gasteiger partial charge >= 0.3 is 0 Å². The fraction of sp³-hybridized carbons (Fsp3) is 0.0714. The molecule has 1 rings (SSSR count). The molecule has 1 aromatic carbocycles. The topological polar surface area (TPSA) is 0 Å². The van der Waals surface area contributed by atoms with Gasteiger partial charge in [0.2, 0.25) is 0 Å². The zero-order valence-corrected chi connectivity index (χ0v) is 8.59. The summed E-state index contributed by atoms with van der Waals surface area (Å²) < 4.78 is 0. The van der Waals surface area contributed by atoms with Gasteiger partial charge in [0, 0.05) is 5.92 Å². The number of hydrogen-bond donors (Lipinski definition) is 0. The maximum absolute atomic E-state index is 3.82. The summed E-state index contributed by atoms with van der Waals surface area (Å²) in [5.74, 6) is 1.16. The maximum atomic E-state index is 3.82. The highest BCUT2D eigenvalue weighted by Gasteiger charge is 2.07. The minimum atomic E-state index is 1.11. The van der Waals surface area contributed by atoms with Crippen molar-refractivity contribution in [2.24, 2.45) is 0 Å². The third-order valence-corrected chi connectivity index (χ3v) is 2.29. The van der Waals surface area contributed by atoms with Gasteiger partial charge in [-0.15, -0.1) is 6.58 Å². The van der Waals surface area contributed by atoms with Gasteiger partial charge in [0.05, 0.1) is 0 Å². The smallest absolute Gasteiger partial charge is 0.0236 e. The van der Waals surface area contributed by atoms with E-state index < -0.39 is 0 Å². The van der Waals surface area contributed by atoms with Crippen LogP contribution >= 0.6 is 0 Å². The average Bonchev–Trinajstić information content (AvgIpc) is 2.26. The second kappa shape index (κ2) is 4.61. The Bertz CT molecular complexity index is 358. The Morgan fingerprint density at radius 2 is 1.86 bits per heavy atom. The first-order valence-electron chi connectivity index (χ1n) is 4.58. The van der Waals surface area contributed by atoms with Crippen LogP contribution < -0.4 is 0 Å². The molecule has 0 bridgehead atoms. The van der Waals surface area contributed by atoms with E-state index in [4.69, 9.17) is 0 Å². The largest absolute Gasteiger partial charge is 0.102 e. The van der Waals surface area contributed by atoms with E-state index in [0.717, 1.165) is 17.0 Å². The van der Waals surface area contributed by atoms with E-state index in [0.29, 0.717) is 0 Å². The van der Waals surface area contributed by atoms with Gasteiger partial charge in [-0.3, -0.25) is 0 Å². The first kappa shape index (κ1) is 10.5. The molecule has 71 valence electrons. The Balaban J connectivity index is 3.35. The second-order valence-electron chi connectivity index (χ2n) is 3.10. The molecule has 0 N–H and O–H groups in total. The maximum Gasteiger partial charge on any atom is 0.0236 e. The molecule has 0 atom stereocenters. The summed E-state index contributed by atoms with van der Waals surface area (Å²) in [6.07, 6.45) is 5.56. The van der Waals surface area contributed by atoms with Crippen LogP contribution in [0, 0.1) is 5.92 Å². The molecule has 0 saturated heterocycles. The van der Waals surface area contributed by atoms with Crippen molar-refractivity contribution in [1.29, 1.82) is 0 Å². The molecule has 0 unspecified atom stereocenters. The van der Waals surface area contributed by atoms with Crippen LogP contribution in [0.1, 0.15) is 23.6 Å². The number of hydrogen-bond acceptors (Lipinski definition) is 0. The van der Waals surface area contributed by atoms with Crippen LogP contribution in [0.4, 0.5) is 0 Å². The van der Waals surface area contributed by atoms with Crippen LogP contribution in [0.2, 0.25) is 0 Å². The van der Waals surface area contributed by atoms with Crippen LogP contribution in [0.15, 0.2) is 44.0 Å². The zero-order chi connectivity index (χ0) is 10.6. The molecule has 0 fully saturated rings. The number of allylic oxidation sites excluding steroid dienone is 1. The zero-order valence-electron chi connectivity index (χ0n) is 8.59. The van der Waals surface area contributed by atoms with E-state index in [1.165, 1.54) is 5.56 Å². The summed E-state index contributed by atoms with van der Waals surface area (Å²) in [7, 11) is 0. The lowest BCUT2D eigenvalue weighted by molar-refractivity contribution is 1.24. The van der Waals surface area contributed by atoms with Crippen molar-refractivity contribution in [1.82, 2.24) is 0 Å². The third-order valence-electron chi connectivity index (χ3n) is 2.29. The Hall–Kier alpha value is -1.56.